The lowest BCUT2D eigenvalue weighted by Crippen LogP contribution is -2.41. The molecule has 0 atom stereocenters. The van der Waals surface area contributed by atoms with Crippen LogP contribution in [0.25, 0.3) is 0 Å². The topological polar surface area (TPSA) is 92.8 Å². The summed E-state index contributed by atoms with van der Waals surface area (Å²) in [6.07, 6.45) is 0.834. The van der Waals surface area contributed by atoms with E-state index in [0.717, 1.165) is 0 Å². The SMILES string of the molecule is CCOC(=O)c1ccc(NC(=O)C2CCN(S(=O)(=O)Cc3ccc(Cl)cc3)CC2)cc1Cl. The van der Waals surface area contributed by atoms with Crippen LogP contribution in [0.15, 0.2) is 42.5 Å². The maximum absolute atomic E-state index is 12.7. The van der Waals surface area contributed by atoms with Gasteiger partial charge in [-0.3, -0.25) is 4.79 Å². The number of amides is 1. The molecule has 0 radical (unpaired) electrons. The molecule has 1 aliphatic heterocycles. The number of hydrogen-bond acceptors (Lipinski definition) is 5. The smallest absolute Gasteiger partial charge is 0.339 e. The molecule has 10 heteroatoms. The molecular weight excluding hydrogens is 475 g/mol. The number of anilines is 1. The highest BCUT2D eigenvalue weighted by Gasteiger charge is 2.31. The summed E-state index contributed by atoms with van der Waals surface area (Å²) in [6.45, 7) is 2.49. The van der Waals surface area contributed by atoms with Crippen LogP contribution >= 0.6 is 23.2 Å². The average Bonchev–Trinajstić information content (AvgIpc) is 2.75. The molecule has 1 aliphatic rings. The number of ether oxygens (including phenoxy) is 1. The maximum Gasteiger partial charge on any atom is 0.339 e. The van der Waals surface area contributed by atoms with E-state index >= 15 is 0 Å². The van der Waals surface area contributed by atoms with Gasteiger partial charge in [0.2, 0.25) is 15.9 Å². The summed E-state index contributed by atoms with van der Waals surface area (Å²) in [5, 5.41) is 3.53. The molecule has 3 rings (SSSR count). The minimum atomic E-state index is -3.48. The highest BCUT2D eigenvalue weighted by molar-refractivity contribution is 7.88. The lowest BCUT2D eigenvalue weighted by Gasteiger charge is -2.30. The van der Waals surface area contributed by atoms with Crippen LogP contribution in [0.5, 0.6) is 0 Å². The van der Waals surface area contributed by atoms with E-state index in [1.54, 1.807) is 37.3 Å². The summed E-state index contributed by atoms with van der Waals surface area (Å²) in [7, 11) is -3.48. The third-order valence-corrected chi connectivity index (χ3v) is 7.63. The average molecular weight is 499 g/mol. The van der Waals surface area contributed by atoms with Crippen LogP contribution in [0.1, 0.15) is 35.7 Å². The number of carbonyl (C=O) groups is 2. The van der Waals surface area contributed by atoms with Crippen LogP contribution in [-0.2, 0) is 25.3 Å². The zero-order valence-corrected chi connectivity index (χ0v) is 19.8. The number of benzene rings is 2. The first-order chi connectivity index (χ1) is 15.2. The van der Waals surface area contributed by atoms with Crippen molar-refractivity contribution in [3.63, 3.8) is 0 Å². The molecule has 7 nitrogen and oxygen atoms in total. The standard InChI is InChI=1S/C22H24Cl2N2O5S/c1-2-31-22(28)19-8-7-18(13-20(19)24)25-21(27)16-9-11-26(12-10-16)32(29,30)14-15-3-5-17(23)6-4-15/h3-8,13,16H,2,9-12,14H2,1H3,(H,25,27). The number of carbonyl (C=O) groups excluding carboxylic acids is 2. The number of sulfonamides is 1. The predicted octanol–water partition coefficient (Wildman–Crippen LogP) is 4.35. The van der Waals surface area contributed by atoms with E-state index in [1.807, 2.05) is 0 Å². The summed E-state index contributed by atoms with van der Waals surface area (Å²) in [4.78, 5) is 24.5. The number of rotatable bonds is 7. The Morgan fingerprint density at radius 3 is 2.34 bits per heavy atom. The molecule has 0 aromatic heterocycles. The van der Waals surface area contributed by atoms with E-state index in [4.69, 9.17) is 27.9 Å². The number of esters is 1. The molecule has 32 heavy (non-hydrogen) atoms. The Hall–Kier alpha value is -2.13. The third-order valence-electron chi connectivity index (χ3n) is 5.21. The lowest BCUT2D eigenvalue weighted by molar-refractivity contribution is -0.120. The molecule has 0 unspecified atom stereocenters. The lowest BCUT2D eigenvalue weighted by atomic mass is 9.97. The highest BCUT2D eigenvalue weighted by atomic mass is 35.5. The van der Waals surface area contributed by atoms with Crippen LogP contribution in [0, 0.1) is 5.92 Å². The van der Waals surface area contributed by atoms with Crippen LogP contribution in [-0.4, -0.2) is 44.3 Å². The van der Waals surface area contributed by atoms with Gasteiger partial charge in [0.05, 0.1) is 22.9 Å². The second-order valence-electron chi connectivity index (χ2n) is 7.46. The number of hydrogen-bond donors (Lipinski definition) is 1. The van der Waals surface area contributed by atoms with Gasteiger partial charge in [-0.2, -0.15) is 0 Å². The van der Waals surface area contributed by atoms with Crippen molar-refractivity contribution in [2.45, 2.75) is 25.5 Å². The summed E-state index contributed by atoms with van der Waals surface area (Å²) >= 11 is 12.0. The van der Waals surface area contributed by atoms with Gasteiger partial charge in [0, 0.05) is 29.7 Å². The highest BCUT2D eigenvalue weighted by Crippen LogP contribution is 2.26. The fourth-order valence-electron chi connectivity index (χ4n) is 3.49. The zero-order valence-electron chi connectivity index (χ0n) is 17.5. The largest absolute Gasteiger partial charge is 0.462 e. The summed E-state index contributed by atoms with van der Waals surface area (Å²) in [5.41, 5.74) is 1.36. The van der Waals surface area contributed by atoms with Crippen molar-refractivity contribution >= 4 is 50.8 Å². The fraction of sp³-hybridized carbons (Fsp3) is 0.364. The Kier molecular flexibility index (Phi) is 8.16. The third kappa shape index (κ3) is 6.22. The van der Waals surface area contributed by atoms with Crippen molar-refractivity contribution in [1.29, 1.82) is 0 Å². The molecule has 0 bridgehead atoms. The van der Waals surface area contributed by atoms with Gasteiger partial charge >= 0.3 is 5.97 Å². The first-order valence-corrected chi connectivity index (χ1v) is 12.6. The predicted molar refractivity (Wildman–Crippen MR) is 124 cm³/mol. The Morgan fingerprint density at radius 2 is 1.75 bits per heavy atom. The van der Waals surface area contributed by atoms with Crippen LogP contribution in [0.3, 0.4) is 0 Å². The van der Waals surface area contributed by atoms with Crippen molar-refractivity contribution in [2.75, 3.05) is 25.0 Å². The molecule has 1 fully saturated rings. The van der Waals surface area contributed by atoms with Gasteiger partial charge in [-0.1, -0.05) is 35.3 Å². The van der Waals surface area contributed by atoms with Gasteiger partial charge in [0.25, 0.3) is 0 Å². The minimum Gasteiger partial charge on any atom is -0.462 e. The Labute approximate surface area is 197 Å². The first kappa shape index (κ1) is 24.5. The monoisotopic (exact) mass is 498 g/mol. The summed E-state index contributed by atoms with van der Waals surface area (Å²) < 4.78 is 31.8. The van der Waals surface area contributed by atoms with Gasteiger partial charge in [-0.15, -0.1) is 0 Å². The van der Waals surface area contributed by atoms with Crippen LogP contribution in [0.2, 0.25) is 10.0 Å². The molecule has 1 heterocycles. The summed E-state index contributed by atoms with van der Waals surface area (Å²) in [6, 6.07) is 11.3. The second kappa shape index (κ2) is 10.7. The minimum absolute atomic E-state index is 0.105. The van der Waals surface area contributed by atoms with Gasteiger partial charge in [-0.05, 0) is 55.7 Å². The summed E-state index contributed by atoms with van der Waals surface area (Å²) in [5.74, 6) is -1.16. The maximum atomic E-state index is 12.7. The van der Waals surface area contributed by atoms with Crippen LogP contribution in [0.4, 0.5) is 5.69 Å². The molecule has 2 aromatic carbocycles. The molecule has 0 aliphatic carbocycles. The molecule has 2 aromatic rings. The van der Waals surface area contributed by atoms with Gasteiger partial charge in [0.15, 0.2) is 0 Å². The van der Waals surface area contributed by atoms with Crippen molar-refractivity contribution in [3.8, 4) is 0 Å². The molecule has 172 valence electrons. The van der Waals surface area contributed by atoms with Crippen LogP contribution < -0.4 is 5.32 Å². The Morgan fingerprint density at radius 1 is 1.09 bits per heavy atom. The molecule has 0 spiro atoms. The van der Waals surface area contributed by atoms with Gasteiger partial charge in [0.1, 0.15) is 0 Å². The molecular formula is C22H24Cl2N2O5S. The number of nitrogens with zero attached hydrogens (tertiary/aromatic N) is 1. The van der Waals surface area contributed by atoms with Crippen molar-refractivity contribution in [2.24, 2.45) is 5.92 Å². The fourth-order valence-corrected chi connectivity index (χ4v) is 5.44. The van der Waals surface area contributed by atoms with E-state index in [1.165, 1.54) is 16.4 Å². The van der Waals surface area contributed by atoms with E-state index in [2.05, 4.69) is 5.32 Å². The van der Waals surface area contributed by atoms with Crippen molar-refractivity contribution < 1.29 is 22.7 Å². The van der Waals surface area contributed by atoms with E-state index in [9.17, 15) is 18.0 Å². The second-order valence-corrected chi connectivity index (χ2v) is 10.3. The quantitative estimate of drug-likeness (QED) is 0.572. The molecule has 1 N–H and O–H groups in total. The van der Waals surface area contributed by atoms with Gasteiger partial charge in [-0.25, -0.2) is 17.5 Å². The van der Waals surface area contributed by atoms with Crippen molar-refractivity contribution in [1.82, 2.24) is 4.31 Å². The van der Waals surface area contributed by atoms with Crippen molar-refractivity contribution in [3.05, 3.63) is 63.6 Å². The molecule has 1 amide bonds. The number of nitrogens with one attached hydrogen (secondary N) is 1. The molecule has 0 saturated carbocycles. The number of piperidine rings is 1. The molecule has 1 saturated heterocycles. The first-order valence-electron chi connectivity index (χ1n) is 10.2. The van der Waals surface area contributed by atoms with E-state index in [0.29, 0.717) is 29.1 Å². The number of halogens is 2. The Balaban J connectivity index is 1.55. The zero-order chi connectivity index (χ0) is 23.3. The Bertz CT molecular complexity index is 1080. The van der Waals surface area contributed by atoms with E-state index < -0.39 is 16.0 Å². The van der Waals surface area contributed by atoms with E-state index in [-0.39, 0.29) is 47.9 Å². The van der Waals surface area contributed by atoms with Gasteiger partial charge < -0.3 is 10.1 Å². The normalized spacial score (nSPS) is 15.3.